The molecule has 0 radical (unpaired) electrons. The van der Waals surface area contributed by atoms with Crippen molar-refractivity contribution in [3.63, 3.8) is 0 Å². The number of nitrogens with zero attached hydrogens (tertiary/aromatic N) is 1. The number of ether oxygens (including phenoxy) is 2. The summed E-state index contributed by atoms with van der Waals surface area (Å²) in [4.78, 5) is 37.7. The molecule has 0 spiro atoms. The van der Waals surface area contributed by atoms with Crippen LogP contribution in [0.4, 0.5) is 0 Å². The molecule has 1 aliphatic heterocycles. The lowest BCUT2D eigenvalue weighted by Gasteiger charge is -2.12. The van der Waals surface area contributed by atoms with Gasteiger partial charge in [-0.2, -0.15) is 0 Å². The van der Waals surface area contributed by atoms with E-state index in [0.29, 0.717) is 11.3 Å². The fraction of sp³-hybridized carbons (Fsp3) is 0.200. The second-order valence-corrected chi connectivity index (χ2v) is 4.38. The number of aliphatic imine (C=N–C) groups is 1. The Labute approximate surface area is 121 Å². The highest BCUT2D eigenvalue weighted by molar-refractivity contribution is 6.15. The van der Waals surface area contributed by atoms with Gasteiger partial charge in [0.15, 0.2) is 17.3 Å². The van der Waals surface area contributed by atoms with Crippen molar-refractivity contribution in [1.82, 2.24) is 0 Å². The van der Waals surface area contributed by atoms with Crippen LogP contribution in [0.5, 0.6) is 11.5 Å². The molecule has 0 fully saturated rings. The average molecular weight is 287 g/mol. The smallest absolute Gasteiger partial charge is 0.308 e. The Kier molecular flexibility index (Phi) is 4.27. The zero-order chi connectivity index (χ0) is 15.4. The third-order valence-electron chi connectivity index (χ3n) is 2.62. The summed E-state index contributed by atoms with van der Waals surface area (Å²) >= 11 is 0. The average Bonchev–Trinajstić information content (AvgIpc) is 2.39. The van der Waals surface area contributed by atoms with Crippen molar-refractivity contribution in [1.29, 1.82) is 0 Å². The van der Waals surface area contributed by atoms with Crippen molar-refractivity contribution >= 4 is 23.4 Å². The van der Waals surface area contributed by atoms with Gasteiger partial charge in [0.05, 0.1) is 12.1 Å². The monoisotopic (exact) mass is 287 g/mol. The van der Waals surface area contributed by atoms with Gasteiger partial charge in [0.25, 0.3) is 0 Å². The lowest BCUT2D eigenvalue weighted by molar-refractivity contribution is -0.134. The lowest BCUT2D eigenvalue weighted by Crippen LogP contribution is -2.12. The molecule has 0 amide bonds. The van der Waals surface area contributed by atoms with Gasteiger partial charge in [-0.25, -0.2) is 0 Å². The molecule has 2 rings (SSSR count). The topological polar surface area (TPSA) is 82.0 Å². The molecule has 0 atom stereocenters. The molecule has 1 heterocycles. The molecule has 0 unspecified atom stereocenters. The number of ketones is 1. The lowest BCUT2D eigenvalue weighted by atomic mass is 10.0. The van der Waals surface area contributed by atoms with Crippen molar-refractivity contribution < 1.29 is 23.9 Å². The molecule has 1 aliphatic rings. The van der Waals surface area contributed by atoms with E-state index in [0.717, 1.165) is 0 Å². The highest BCUT2D eigenvalue weighted by Gasteiger charge is 2.16. The Balaban J connectivity index is 2.38. The van der Waals surface area contributed by atoms with E-state index in [2.05, 4.69) is 4.99 Å². The fourth-order valence-corrected chi connectivity index (χ4v) is 1.82. The molecule has 1 aromatic carbocycles. The first-order chi connectivity index (χ1) is 9.95. The molecule has 108 valence electrons. The van der Waals surface area contributed by atoms with E-state index in [1.54, 1.807) is 6.07 Å². The number of carbonyl (C=O) groups excluding carboxylic acids is 3. The number of benzene rings is 1. The molecule has 6 nitrogen and oxygen atoms in total. The van der Waals surface area contributed by atoms with Crippen LogP contribution in [0.2, 0.25) is 0 Å². The second-order valence-electron chi connectivity index (χ2n) is 4.38. The van der Waals surface area contributed by atoms with Crippen LogP contribution in [0.1, 0.15) is 25.8 Å². The molecular formula is C15H13NO5. The molecule has 1 aromatic rings. The zero-order valence-electron chi connectivity index (χ0n) is 11.6. The van der Waals surface area contributed by atoms with Gasteiger partial charge < -0.3 is 9.47 Å². The predicted molar refractivity (Wildman–Crippen MR) is 74.4 cm³/mol. The molecule has 0 aliphatic carbocycles. The summed E-state index contributed by atoms with van der Waals surface area (Å²) in [5, 5.41) is 0. The summed E-state index contributed by atoms with van der Waals surface area (Å²) in [5.41, 5.74) is 1.19. The van der Waals surface area contributed by atoms with Gasteiger partial charge in [0.1, 0.15) is 0 Å². The number of hydrogen-bond donors (Lipinski definition) is 0. The first kappa shape index (κ1) is 14.6. The highest BCUT2D eigenvalue weighted by atomic mass is 16.6. The van der Waals surface area contributed by atoms with Gasteiger partial charge in [-0.15, -0.1) is 0 Å². The summed E-state index contributed by atoms with van der Waals surface area (Å²) in [5.74, 6) is -0.871. The summed E-state index contributed by atoms with van der Waals surface area (Å²) in [6.07, 6.45) is 2.99. The van der Waals surface area contributed by atoms with E-state index >= 15 is 0 Å². The Bertz CT molecular complexity index is 673. The number of carbonyl (C=O) groups is 3. The van der Waals surface area contributed by atoms with Crippen molar-refractivity contribution in [3.05, 3.63) is 36.0 Å². The first-order valence-corrected chi connectivity index (χ1v) is 6.23. The fourth-order valence-electron chi connectivity index (χ4n) is 1.82. The third kappa shape index (κ3) is 3.85. The minimum atomic E-state index is -0.540. The Hall–Kier alpha value is -2.76. The first-order valence-electron chi connectivity index (χ1n) is 6.23. The molecule has 0 N–H and O–H groups in total. The molecule has 0 aromatic heterocycles. The van der Waals surface area contributed by atoms with E-state index in [1.807, 2.05) is 0 Å². The standard InChI is InChI=1S/C15H13NO5/c1-9(17)20-14-4-3-11(7-15(14)21-10(2)18)13-8-12(19)5-6-16-13/h3-7H,8H2,1-2H3. The number of esters is 2. The Morgan fingerprint density at radius 1 is 1.10 bits per heavy atom. The quantitative estimate of drug-likeness (QED) is 0.625. The van der Waals surface area contributed by atoms with Crippen LogP contribution < -0.4 is 9.47 Å². The van der Waals surface area contributed by atoms with Crippen molar-refractivity contribution in [2.75, 3.05) is 0 Å². The zero-order valence-corrected chi connectivity index (χ0v) is 11.6. The van der Waals surface area contributed by atoms with Crippen molar-refractivity contribution in [3.8, 4) is 11.5 Å². The van der Waals surface area contributed by atoms with Crippen LogP contribution in [0, 0.1) is 0 Å². The SMILES string of the molecule is CC(=O)Oc1ccc(C2=NC=CC(=O)C2)cc1OC(C)=O. The maximum absolute atomic E-state index is 11.4. The highest BCUT2D eigenvalue weighted by Crippen LogP contribution is 2.29. The largest absolute Gasteiger partial charge is 0.423 e. The maximum atomic E-state index is 11.4. The number of rotatable bonds is 3. The van der Waals surface area contributed by atoms with Crippen LogP contribution in [0.3, 0.4) is 0 Å². The van der Waals surface area contributed by atoms with Crippen LogP contribution in [-0.4, -0.2) is 23.4 Å². The molecule has 6 heteroatoms. The summed E-state index contributed by atoms with van der Waals surface area (Å²) in [6, 6.07) is 4.67. The van der Waals surface area contributed by atoms with Gasteiger partial charge in [-0.3, -0.25) is 19.4 Å². The van der Waals surface area contributed by atoms with Crippen LogP contribution >= 0.6 is 0 Å². The van der Waals surface area contributed by atoms with Gasteiger partial charge in [-0.05, 0) is 24.3 Å². The summed E-state index contributed by atoms with van der Waals surface area (Å²) in [7, 11) is 0. The second kappa shape index (κ2) is 6.13. The Morgan fingerprint density at radius 2 is 1.76 bits per heavy atom. The van der Waals surface area contributed by atoms with Crippen LogP contribution in [0.15, 0.2) is 35.5 Å². The molecule has 21 heavy (non-hydrogen) atoms. The van der Waals surface area contributed by atoms with E-state index in [1.165, 1.54) is 38.3 Å². The van der Waals surface area contributed by atoms with Gasteiger partial charge in [0, 0.05) is 25.6 Å². The Morgan fingerprint density at radius 3 is 2.38 bits per heavy atom. The van der Waals surface area contributed by atoms with Gasteiger partial charge >= 0.3 is 11.9 Å². The minimum Gasteiger partial charge on any atom is -0.423 e. The normalized spacial score (nSPS) is 13.6. The van der Waals surface area contributed by atoms with Crippen molar-refractivity contribution in [2.24, 2.45) is 4.99 Å². The molecular weight excluding hydrogens is 274 g/mol. The van der Waals surface area contributed by atoms with Crippen molar-refractivity contribution in [2.45, 2.75) is 20.3 Å². The molecule has 0 saturated carbocycles. The van der Waals surface area contributed by atoms with E-state index in [4.69, 9.17) is 9.47 Å². The predicted octanol–water partition coefficient (Wildman–Crippen LogP) is 1.81. The van der Waals surface area contributed by atoms with Gasteiger partial charge in [-0.1, -0.05) is 0 Å². The number of allylic oxidation sites excluding steroid dienone is 1. The molecule has 0 bridgehead atoms. The number of hydrogen-bond acceptors (Lipinski definition) is 6. The molecule has 0 saturated heterocycles. The van der Waals surface area contributed by atoms with Crippen LogP contribution in [0.25, 0.3) is 0 Å². The van der Waals surface area contributed by atoms with Crippen LogP contribution in [-0.2, 0) is 14.4 Å². The third-order valence-corrected chi connectivity index (χ3v) is 2.62. The van der Waals surface area contributed by atoms with E-state index < -0.39 is 11.9 Å². The van der Waals surface area contributed by atoms with E-state index in [-0.39, 0.29) is 23.7 Å². The van der Waals surface area contributed by atoms with Gasteiger partial charge in [0.2, 0.25) is 0 Å². The minimum absolute atomic E-state index is 0.0573. The maximum Gasteiger partial charge on any atom is 0.308 e. The van der Waals surface area contributed by atoms with E-state index in [9.17, 15) is 14.4 Å². The summed E-state index contributed by atoms with van der Waals surface area (Å²) < 4.78 is 10.0. The summed E-state index contributed by atoms with van der Waals surface area (Å²) in [6.45, 7) is 2.49.